The molecule has 0 saturated heterocycles. The fourth-order valence-corrected chi connectivity index (χ4v) is 3.84. The number of benzene rings is 2. The summed E-state index contributed by atoms with van der Waals surface area (Å²) in [5.74, 6) is -0.625. The summed E-state index contributed by atoms with van der Waals surface area (Å²) in [5.41, 5.74) is 1.94. The number of aromatic nitrogens is 2. The average Bonchev–Trinajstić information content (AvgIpc) is 3.41. The third-order valence-electron chi connectivity index (χ3n) is 5.13. The standard InChI is InChI=1S/C21H15ClFN3O2/c22-17-18(13-7-9-14(23)10-8-13)25(11-12-5-6-12)24-19(17)26-20(27)15-3-1-2-4-16(15)21(26)28/h1-4,7-10,12H,5-6,11H2. The first-order valence-electron chi connectivity index (χ1n) is 9.04. The van der Waals surface area contributed by atoms with Crippen molar-refractivity contribution in [2.75, 3.05) is 4.90 Å². The highest BCUT2D eigenvalue weighted by Gasteiger charge is 2.40. The van der Waals surface area contributed by atoms with Gasteiger partial charge in [-0.15, -0.1) is 0 Å². The molecule has 1 aliphatic carbocycles. The zero-order chi connectivity index (χ0) is 19.4. The number of carbonyl (C=O) groups excluding carboxylic acids is 2. The SMILES string of the molecule is O=C1c2ccccc2C(=O)N1c1nn(CC2CC2)c(-c2ccc(F)cc2)c1Cl. The summed E-state index contributed by atoms with van der Waals surface area (Å²) in [6, 6.07) is 12.6. The molecule has 0 unspecified atom stereocenters. The molecule has 1 saturated carbocycles. The van der Waals surface area contributed by atoms with E-state index in [0.29, 0.717) is 34.8 Å². The van der Waals surface area contributed by atoms with Crippen LogP contribution in [0.3, 0.4) is 0 Å². The van der Waals surface area contributed by atoms with Crippen molar-refractivity contribution < 1.29 is 14.0 Å². The van der Waals surface area contributed by atoms with Gasteiger partial charge in [-0.25, -0.2) is 9.29 Å². The number of nitrogens with zero attached hydrogens (tertiary/aromatic N) is 3. The Balaban J connectivity index is 1.64. The van der Waals surface area contributed by atoms with Crippen LogP contribution in [0.2, 0.25) is 5.02 Å². The first kappa shape index (κ1) is 17.1. The molecule has 3 aromatic rings. The molecule has 2 amide bonds. The lowest BCUT2D eigenvalue weighted by Crippen LogP contribution is -2.30. The number of hydrogen-bond acceptors (Lipinski definition) is 3. The van der Waals surface area contributed by atoms with Crippen molar-refractivity contribution in [2.45, 2.75) is 19.4 Å². The highest BCUT2D eigenvalue weighted by molar-refractivity contribution is 6.40. The molecule has 0 spiro atoms. The van der Waals surface area contributed by atoms with Crippen LogP contribution in [0.1, 0.15) is 33.6 Å². The number of fused-ring (bicyclic) bond motifs is 1. The Hall–Kier alpha value is -2.99. The van der Waals surface area contributed by atoms with Crippen LogP contribution in [0.4, 0.5) is 10.2 Å². The Morgan fingerprint density at radius 2 is 1.61 bits per heavy atom. The molecular formula is C21H15ClFN3O2. The number of halogens is 2. The smallest absolute Gasteiger partial charge is 0.267 e. The quantitative estimate of drug-likeness (QED) is 0.609. The monoisotopic (exact) mass is 395 g/mol. The van der Waals surface area contributed by atoms with E-state index >= 15 is 0 Å². The Kier molecular flexibility index (Phi) is 3.84. The van der Waals surface area contributed by atoms with E-state index in [1.165, 1.54) is 12.1 Å². The molecule has 5 nitrogen and oxygen atoms in total. The number of rotatable bonds is 4. The summed E-state index contributed by atoms with van der Waals surface area (Å²) >= 11 is 6.64. The molecule has 1 aliphatic heterocycles. The first-order valence-corrected chi connectivity index (χ1v) is 9.42. The topological polar surface area (TPSA) is 55.2 Å². The van der Waals surface area contributed by atoms with Gasteiger partial charge < -0.3 is 0 Å². The fraction of sp³-hybridized carbons (Fsp3) is 0.190. The molecule has 0 N–H and O–H groups in total. The van der Waals surface area contributed by atoms with Gasteiger partial charge in [0.2, 0.25) is 0 Å². The second-order valence-electron chi connectivity index (χ2n) is 7.11. The minimum atomic E-state index is -0.441. The van der Waals surface area contributed by atoms with Crippen LogP contribution in [0.5, 0.6) is 0 Å². The largest absolute Gasteiger partial charge is 0.268 e. The third-order valence-corrected chi connectivity index (χ3v) is 5.48. The van der Waals surface area contributed by atoms with E-state index in [9.17, 15) is 14.0 Å². The van der Waals surface area contributed by atoms with Gasteiger partial charge in [0.25, 0.3) is 11.8 Å². The van der Waals surface area contributed by atoms with E-state index in [2.05, 4.69) is 5.10 Å². The molecule has 0 atom stereocenters. The van der Waals surface area contributed by atoms with Crippen molar-refractivity contribution in [3.63, 3.8) is 0 Å². The maximum Gasteiger partial charge on any atom is 0.267 e. The lowest BCUT2D eigenvalue weighted by Gasteiger charge is -2.10. The third kappa shape index (κ3) is 2.64. The minimum Gasteiger partial charge on any atom is -0.268 e. The Labute approximate surface area is 165 Å². The summed E-state index contributed by atoms with van der Waals surface area (Å²) in [7, 11) is 0. The van der Waals surface area contributed by atoms with Gasteiger partial charge >= 0.3 is 0 Å². The molecule has 1 fully saturated rings. The van der Waals surface area contributed by atoms with Crippen molar-refractivity contribution in [3.05, 3.63) is 70.5 Å². The number of imide groups is 1. The highest BCUT2D eigenvalue weighted by Crippen LogP contribution is 2.41. The normalized spacial score (nSPS) is 16.0. The van der Waals surface area contributed by atoms with Crippen LogP contribution in [-0.4, -0.2) is 21.6 Å². The van der Waals surface area contributed by atoms with Crippen LogP contribution >= 0.6 is 11.6 Å². The number of hydrogen-bond donors (Lipinski definition) is 0. The van der Waals surface area contributed by atoms with Crippen molar-refractivity contribution >= 4 is 29.2 Å². The van der Waals surface area contributed by atoms with Crippen LogP contribution in [0, 0.1) is 11.7 Å². The van der Waals surface area contributed by atoms with E-state index in [0.717, 1.165) is 17.7 Å². The van der Waals surface area contributed by atoms with Crippen molar-refractivity contribution in [3.8, 4) is 11.3 Å². The van der Waals surface area contributed by atoms with Gasteiger partial charge in [0.05, 0.1) is 16.8 Å². The lowest BCUT2D eigenvalue weighted by molar-refractivity contribution is 0.0925. The van der Waals surface area contributed by atoms with Gasteiger partial charge in [-0.2, -0.15) is 5.10 Å². The molecule has 140 valence electrons. The molecule has 28 heavy (non-hydrogen) atoms. The van der Waals surface area contributed by atoms with Gasteiger partial charge in [0.15, 0.2) is 5.82 Å². The van der Waals surface area contributed by atoms with Gasteiger partial charge in [0, 0.05) is 12.1 Å². The molecular weight excluding hydrogens is 381 g/mol. The maximum absolute atomic E-state index is 13.4. The average molecular weight is 396 g/mol. The number of carbonyl (C=O) groups is 2. The van der Waals surface area contributed by atoms with Gasteiger partial charge in [-0.05, 0) is 55.2 Å². The summed E-state index contributed by atoms with van der Waals surface area (Å²) in [5, 5.41) is 4.74. The Morgan fingerprint density at radius 3 is 2.18 bits per heavy atom. The van der Waals surface area contributed by atoms with E-state index < -0.39 is 11.8 Å². The van der Waals surface area contributed by atoms with Gasteiger partial charge in [-0.3, -0.25) is 14.3 Å². The highest BCUT2D eigenvalue weighted by atomic mass is 35.5. The van der Waals surface area contributed by atoms with E-state index in [1.807, 2.05) is 0 Å². The van der Waals surface area contributed by atoms with E-state index in [1.54, 1.807) is 41.1 Å². The van der Waals surface area contributed by atoms with Crippen molar-refractivity contribution in [1.82, 2.24) is 9.78 Å². The minimum absolute atomic E-state index is 0.118. The molecule has 2 aromatic carbocycles. The molecule has 2 heterocycles. The zero-order valence-electron chi connectivity index (χ0n) is 14.7. The van der Waals surface area contributed by atoms with Crippen LogP contribution in [-0.2, 0) is 6.54 Å². The molecule has 0 bridgehead atoms. The maximum atomic E-state index is 13.4. The lowest BCUT2D eigenvalue weighted by atomic mass is 10.1. The Morgan fingerprint density at radius 1 is 1.00 bits per heavy atom. The predicted octanol–water partition coefficient (Wildman–Crippen LogP) is 4.55. The molecule has 2 aliphatic rings. The second-order valence-corrected chi connectivity index (χ2v) is 7.49. The molecule has 0 radical (unpaired) electrons. The van der Waals surface area contributed by atoms with Crippen molar-refractivity contribution in [1.29, 1.82) is 0 Å². The molecule has 1 aromatic heterocycles. The molecule has 5 rings (SSSR count). The zero-order valence-corrected chi connectivity index (χ0v) is 15.5. The van der Waals surface area contributed by atoms with E-state index in [4.69, 9.17) is 11.6 Å². The summed E-state index contributed by atoms with van der Waals surface area (Å²) in [6.07, 6.45) is 2.20. The summed E-state index contributed by atoms with van der Waals surface area (Å²) in [4.78, 5) is 26.7. The molecule has 7 heteroatoms. The van der Waals surface area contributed by atoms with Crippen molar-refractivity contribution in [2.24, 2.45) is 5.92 Å². The summed E-state index contributed by atoms with van der Waals surface area (Å²) < 4.78 is 15.1. The predicted molar refractivity (Wildman–Crippen MR) is 103 cm³/mol. The fourth-order valence-electron chi connectivity index (χ4n) is 3.51. The van der Waals surface area contributed by atoms with Gasteiger partial charge in [0.1, 0.15) is 10.8 Å². The van der Waals surface area contributed by atoms with Crippen LogP contribution < -0.4 is 4.90 Å². The second kappa shape index (κ2) is 6.27. The van der Waals surface area contributed by atoms with Gasteiger partial charge in [-0.1, -0.05) is 23.7 Å². The Bertz CT molecular complexity index is 1080. The number of anilines is 1. The van der Waals surface area contributed by atoms with E-state index in [-0.39, 0.29) is 16.7 Å². The number of amides is 2. The van der Waals surface area contributed by atoms with Crippen LogP contribution in [0.25, 0.3) is 11.3 Å². The van der Waals surface area contributed by atoms with Crippen LogP contribution in [0.15, 0.2) is 48.5 Å². The summed E-state index contributed by atoms with van der Waals surface area (Å²) in [6.45, 7) is 0.635. The first-order chi connectivity index (χ1) is 13.5.